The number of rotatable bonds is 4. The molecular formula is C14H25BrO. The molecule has 0 aromatic carbocycles. The van der Waals surface area contributed by atoms with Gasteiger partial charge < -0.3 is 4.74 Å². The Balaban J connectivity index is 1.63. The Morgan fingerprint density at radius 2 is 2.06 bits per heavy atom. The molecule has 1 saturated heterocycles. The Labute approximate surface area is 108 Å². The fourth-order valence-electron chi connectivity index (χ4n) is 3.24. The lowest BCUT2D eigenvalue weighted by molar-refractivity contribution is 0.0997. The fourth-order valence-corrected chi connectivity index (χ4v) is 3.98. The number of hydrogen-bond donors (Lipinski definition) is 0. The minimum Gasteiger partial charge on any atom is -0.378 e. The number of halogens is 1. The zero-order valence-electron chi connectivity index (χ0n) is 10.5. The maximum Gasteiger partial charge on any atom is 0.0576 e. The van der Waals surface area contributed by atoms with Crippen molar-refractivity contribution in [1.82, 2.24) is 0 Å². The third kappa shape index (κ3) is 3.73. The Bertz CT molecular complexity index is 201. The van der Waals surface area contributed by atoms with E-state index < -0.39 is 0 Å². The monoisotopic (exact) mass is 288 g/mol. The van der Waals surface area contributed by atoms with Gasteiger partial charge in [-0.25, -0.2) is 0 Å². The largest absolute Gasteiger partial charge is 0.378 e. The third-order valence-electron chi connectivity index (χ3n) is 4.28. The summed E-state index contributed by atoms with van der Waals surface area (Å²) in [6, 6.07) is 0. The van der Waals surface area contributed by atoms with Crippen LogP contribution in [0.1, 0.15) is 58.3 Å². The molecule has 1 heterocycles. The second kappa shape index (κ2) is 6.39. The average Bonchev–Trinajstić information content (AvgIpc) is 2.76. The van der Waals surface area contributed by atoms with E-state index in [1.807, 2.05) is 0 Å². The van der Waals surface area contributed by atoms with Crippen molar-refractivity contribution in [3.63, 3.8) is 0 Å². The predicted octanol–water partition coefficient (Wildman–Crippen LogP) is 4.54. The summed E-state index contributed by atoms with van der Waals surface area (Å²) < 4.78 is 5.68. The van der Waals surface area contributed by atoms with Crippen LogP contribution in [0.2, 0.25) is 0 Å². The molecule has 0 N–H and O–H groups in total. The first-order valence-corrected chi connectivity index (χ1v) is 7.93. The van der Waals surface area contributed by atoms with Crippen molar-refractivity contribution in [2.75, 3.05) is 6.61 Å². The Kier molecular flexibility index (Phi) is 5.15. The molecule has 0 radical (unpaired) electrons. The van der Waals surface area contributed by atoms with E-state index in [2.05, 4.69) is 22.9 Å². The van der Waals surface area contributed by atoms with Gasteiger partial charge in [-0.2, -0.15) is 0 Å². The van der Waals surface area contributed by atoms with Gasteiger partial charge in [-0.3, -0.25) is 0 Å². The Morgan fingerprint density at radius 3 is 2.81 bits per heavy atom. The van der Waals surface area contributed by atoms with E-state index in [1.165, 1.54) is 51.4 Å². The van der Waals surface area contributed by atoms with E-state index in [-0.39, 0.29) is 0 Å². The fraction of sp³-hybridized carbons (Fsp3) is 1.00. The van der Waals surface area contributed by atoms with Gasteiger partial charge in [0, 0.05) is 11.4 Å². The van der Waals surface area contributed by atoms with E-state index in [9.17, 15) is 0 Å². The van der Waals surface area contributed by atoms with Crippen molar-refractivity contribution >= 4 is 15.9 Å². The smallest absolute Gasteiger partial charge is 0.0576 e. The Morgan fingerprint density at radius 1 is 1.19 bits per heavy atom. The number of ether oxygens (including phenoxy) is 1. The van der Waals surface area contributed by atoms with Crippen LogP contribution in [0.4, 0.5) is 0 Å². The van der Waals surface area contributed by atoms with Crippen molar-refractivity contribution < 1.29 is 4.74 Å². The highest BCUT2D eigenvalue weighted by molar-refractivity contribution is 9.09. The molecule has 2 heteroatoms. The third-order valence-corrected chi connectivity index (χ3v) is 5.48. The van der Waals surface area contributed by atoms with Gasteiger partial charge in [0.25, 0.3) is 0 Å². The molecule has 1 saturated carbocycles. The summed E-state index contributed by atoms with van der Waals surface area (Å²) in [5.74, 6) is 1.87. The molecule has 4 atom stereocenters. The second-order valence-corrected chi connectivity index (χ2v) is 6.94. The van der Waals surface area contributed by atoms with Gasteiger partial charge in [0.2, 0.25) is 0 Å². The Hall–Kier alpha value is 0.440. The second-order valence-electron chi connectivity index (χ2n) is 5.76. The van der Waals surface area contributed by atoms with Gasteiger partial charge in [0.05, 0.1) is 6.10 Å². The maximum absolute atomic E-state index is 5.68. The molecule has 4 unspecified atom stereocenters. The first-order chi connectivity index (χ1) is 7.75. The van der Waals surface area contributed by atoms with Crippen molar-refractivity contribution in [3.8, 4) is 0 Å². The molecule has 1 aliphatic carbocycles. The lowest BCUT2D eigenvalue weighted by atomic mass is 9.80. The summed E-state index contributed by atoms with van der Waals surface area (Å²) in [6.07, 6.45) is 11.5. The molecule has 2 aliphatic rings. The van der Waals surface area contributed by atoms with Crippen LogP contribution in [0.25, 0.3) is 0 Å². The summed E-state index contributed by atoms with van der Waals surface area (Å²) in [7, 11) is 0. The van der Waals surface area contributed by atoms with Crippen molar-refractivity contribution in [2.45, 2.75) is 69.2 Å². The zero-order chi connectivity index (χ0) is 11.4. The minimum absolute atomic E-state index is 0.592. The highest BCUT2D eigenvalue weighted by atomic mass is 79.9. The number of hydrogen-bond acceptors (Lipinski definition) is 1. The van der Waals surface area contributed by atoms with Crippen LogP contribution in [-0.4, -0.2) is 17.5 Å². The van der Waals surface area contributed by atoms with E-state index in [1.54, 1.807) is 0 Å². The summed E-state index contributed by atoms with van der Waals surface area (Å²) in [6.45, 7) is 3.41. The number of alkyl halides is 1. The summed E-state index contributed by atoms with van der Waals surface area (Å²) in [5, 5.41) is 0. The SMILES string of the molecule is CC1CCC(Br)C(CCCC2CCCO2)C1. The van der Waals surface area contributed by atoms with Crippen LogP contribution < -0.4 is 0 Å². The lowest BCUT2D eigenvalue weighted by Crippen LogP contribution is -2.24. The highest BCUT2D eigenvalue weighted by Gasteiger charge is 2.26. The molecule has 0 spiro atoms. The van der Waals surface area contributed by atoms with Gasteiger partial charge in [-0.15, -0.1) is 0 Å². The lowest BCUT2D eigenvalue weighted by Gasteiger charge is -2.31. The molecule has 1 aliphatic heterocycles. The standard InChI is InChI=1S/C14H25BrO/c1-11-7-8-14(15)12(10-11)4-2-5-13-6-3-9-16-13/h11-14H,2-10H2,1H3. The molecule has 1 nitrogen and oxygen atoms in total. The predicted molar refractivity (Wildman–Crippen MR) is 72.0 cm³/mol. The van der Waals surface area contributed by atoms with E-state index in [0.29, 0.717) is 6.10 Å². The van der Waals surface area contributed by atoms with Crippen molar-refractivity contribution in [1.29, 1.82) is 0 Å². The van der Waals surface area contributed by atoms with Crippen LogP contribution in [0.5, 0.6) is 0 Å². The van der Waals surface area contributed by atoms with Crippen molar-refractivity contribution in [3.05, 3.63) is 0 Å². The van der Waals surface area contributed by atoms with Gasteiger partial charge in [0.15, 0.2) is 0 Å². The molecule has 94 valence electrons. The van der Waals surface area contributed by atoms with E-state index in [0.717, 1.165) is 23.3 Å². The van der Waals surface area contributed by atoms with Crippen molar-refractivity contribution in [2.24, 2.45) is 11.8 Å². The highest BCUT2D eigenvalue weighted by Crippen LogP contribution is 2.36. The van der Waals surface area contributed by atoms with Crippen LogP contribution >= 0.6 is 15.9 Å². The molecule has 0 bridgehead atoms. The topological polar surface area (TPSA) is 9.23 Å². The van der Waals surface area contributed by atoms with Crippen LogP contribution in [0.15, 0.2) is 0 Å². The van der Waals surface area contributed by atoms with Gasteiger partial charge in [-0.05, 0) is 56.8 Å². The summed E-state index contributed by atoms with van der Waals surface area (Å²) in [5.41, 5.74) is 0. The summed E-state index contributed by atoms with van der Waals surface area (Å²) >= 11 is 3.86. The first kappa shape index (κ1) is 12.9. The minimum atomic E-state index is 0.592. The first-order valence-electron chi connectivity index (χ1n) is 7.01. The molecule has 0 aromatic heterocycles. The average molecular weight is 289 g/mol. The molecule has 0 amide bonds. The van der Waals surface area contributed by atoms with Crippen LogP contribution in [0, 0.1) is 11.8 Å². The summed E-state index contributed by atoms with van der Waals surface area (Å²) in [4.78, 5) is 0.785. The van der Waals surface area contributed by atoms with Gasteiger partial charge in [0.1, 0.15) is 0 Å². The van der Waals surface area contributed by atoms with E-state index >= 15 is 0 Å². The molecule has 2 fully saturated rings. The quantitative estimate of drug-likeness (QED) is 0.691. The van der Waals surface area contributed by atoms with E-state index in [4.69, 9.17) is 4.74 Å². The van der Waals surface area contributed by atoms with Gasteiger partial charge >= 0.3 is 0 Å². The molecule has 16 heavy (non-hydrogen) atoms. The van der Waals surface area contributed by atoms with Gasteiger partial charge in [-0.1, -0.05) is 29.3 Å². The van der Waals surface area contributed by atoms with Crippen LogP contribution in [0.3, 0.4) is 0 Å². The van der Waals surface area contributed by atoms with Crippen LogP contribution in [-0.2, 0) is 4.74 Å². The maximum atomic E-state index is 5.68. The normalized spacial score (nSPS) is 40.1. The molecule has 0 aromatic rings. The zero-order valence-corrected chi connectivity index (χ0v) is 12.0. The molecule has 2 rings (SSSR count). The molecular weight excluding hydrogens is 264 g/mol.